The summed E-state index contributed by atoms with van der Waals surface area (Å²) in [6.45, 7) is -3.20. The van der Waals surface area contributed by atoms with Crippen molar-refractivity contribution in [2.45, 2.75) is 13.0 Å². The van der Waals surface area contributed by atoms with Gasteiger partial charge in [0.2, 0.25) is 0 Å². The van der Waals surface area contributed by atoms with Gasteiger partial charge in [0, 0.05) is 0 Å². The van der Waals surface area contributed by atoms with Crippen LogP contribution in [-0.2, 0) is 0 Å². The summed E-state index contributed by atoms with van der Waals surface area (Å²) >= 11 is 0. The molecule has 0 radical (unpaired) electrons. The van der Waals surface area contributed by atoms with Crippen LogP contribution < -0.4 is 9.47 Å². The number of rotatable bonds is 4. The zero-order valence-electron chi connectivity index (χ0n) is 10.7. The fourth-order valence-electron chi connectivity index (χ4n) is 1.83. The van der Waals surface area contributed by atoms with Crippen molar-refractivity contribution >= 4 is 0 Å². The van der Waals surface area contributed by atoms with E-state index >= 15 is 0 Å². The van der Waals surface area contributed by atoms with Gasteiger partial charge in [-0.25, -0.2) is 4.39 Å². The molecule has 0 spiro atoms. The minimum atomic E-state index is -4.92. The summed E-state index contributed by atoms with van der Waals surface area (Å²) < 4.78 is 83.0. The molecule has 118 valence electrons. The Morgan fingerprint density at radius 1 is 0.955 bits per heavy atom. The fourth-order valence-corrected chi connectivity index (χ4v) is 1.83. The Morgan fingerprint density at radius 3 is 2.27 bits per heavy atom. The first-order valence-electron chi connectivity index (χ1n) is 5.86. The van der Waals surface area contributed by atoms with Crippen molar-refractivity contribution in [2.24, 2.45) is 0 Å². The van der Waals surface area contributed by atoms with E-state index in [-0.39, 0.29) is 11.1 Å². The molecule has 0 aromatic heterocycles. The number of halogens is 6. The normalized spacial score (nSPS) is 11.6. The molecule has 2 aromatic rings. The van der Waals surface area contributed by atoms with Crippen LogP contribution in [0.3, 0.4) is 0 Å². The first kappa shape index (κ1) is 16.0. The molecule has 2 nitrogen and oxygen atoms in total. The first-order valence-corrected chi connectivity index (χ1v) is 5.86. The summed E-state index contributed by atoms with van der Waals surface area (Å²) in [5, 5.41) is 0. The Hall–Kier alpha value is -2.38. The maximum Gasteiger partial charge on any atom is 0.573 e. The lowest BCUT2D eigenvalue weighted by Crippen LogP contribution is -2.17. The third-order valence-electron chi connectivity index (χ3n) is 2.55. The average Bonchev–Trinajstić information content (AvgIpc) is 2.36. The van der Waals surface area contributed by atoms with Gasteiger partial charge in [-0.05, 0) is 29.8 Å². The molecule has 0 aliphatic heterocycles. The second-order valence-electron chi connectivity index (χ2n) is 4.07. The zero-order chi connectivity index (χ0) is 16.3. The van der Waals surface area contributed by atoms with Gasteiger partial charge < -0.3 is 9.47 Å². The molecule has 0 saturated heterocycles. The predicted molar refractivity (Wildman–Crippen MR) is 65.2 cm³/mol. The molecule has 0 atom stereocenters. The molecule has 0 heterocycles. The monoisotopic (exact) mass is 322 g/mol. The van der Waals surface area contributed by atoms with Crippen LogP contribution in [-0.4, -0.2) is 13.0 Å². The molecule has 0 aliphatic rings. The van der Waals surface area contributed by atoms with Gasteiger partial charge in [0.25, 0.3) is 0 Å². The number of alkyl halides is 5. The van der Waals surface area contributed by atoms with Crippen molar-refractivity contribution in [3.8, 4) is 22.6 Å². The van der Waals surface area contributed by atoms with E-state index in [0.29, 0.717) is 0 Å². The predicted octanol–water partition coefficient (Wildman–Crippen LogP) is 4.99. The molecule has 0 N–H and O–H groups in total. The Bertz CT molecular complexity index is 654. The van der Waals surface area contributed by atoms with E-state index in [9.17, 15) is 26.3 Å². The smallest absolute Gasteiger partial charge is 0.434 e. The lowest BCUT2D eigenvalue weighted by atomic mass is 10.0. The van der Waals surface area contributed by atoms with Crippen LogP contribution in [0.15, 0.2) is 42.5 Å². The van der Waals surface area contributed by atoms with Gasteiger partial charge in [-0.15, -0.1) is 13.2 Å². The van der Waals surface area contributed by atoms with E-state index in [0.717, 1.165) is 30.3 Å². The highest BCUT2D eigenvalue weighted by Gasteiger charge is 2.31. The van der Waals surface area contributed by atoms with Crippen molar-refractivity contribution < 1.29 is 35.8 Å². The largest absolute Gasteiger partial charge is 0.573 e. The molecule has 2 rings (SSSR count). The Kier molecular flexibility index (Phi) is 4.48. The quantitative estimate of drug-likeness (QED) is 0.738. The summed E-state index contributed by atoms with van der Waals surface area (Å²) in [7, 11) is 0. The molecule has 0 aliphatic carbocycles. The Balaban J connectivity index is 2.45. The van der Waals surface area contributed by atoms with E-state index in [1.807, 2.05) is 0 Å². The van der Waals surface area contributed by atoms with Crippen LogP contribution in [0, 0.1) is 5.82 Å². The van der Waals surface area contributed by atoms with E-state index in [1.165, 1.54) is 12.1 Å². The molecule has 2 aromatic carbocycles. The Morgan fingerprint density at radius 2 is 1.64 bits per heavy atom. The van der Waals surface area contributed by atoms with Gasteiger partial charge in [-0.2, -0.15) is 8.78 Å². The third kappa shape index (κ3) is 4.06. The van der Waals surface area contributed by atoms with Gasteiger partial charge in [0.05, 0.1) is 5.56 Å². The van der Waals surface area contributed by atoms with Gasteiger partial charge in [0.15, 0.2) is 0 Å². The molecule has 0 fully saturated rings. The molecule has 0 saturated carbocycles. The maximum absolute atomic E-state index is 13.9. The van der Waals surface area contributed by atoms with E-state index in [1.54, 1.807) is 0 Å². The van der Waals surface area contributed by atoms with Gasteiger partial charge in [-0.3, -0.25) is 0 Å². The first-order chi connectivity index (χ1) is 10.3. The second-order valence-corrected chi connectivity index (χ2v) is 4.07. The molecular formula is C14H8F6O2. The summed E-state index contributed by atoms with van der Waals surface area (Å²) in [5.74, 6) is -2.00. The van der Waals surface area contributed by atoms with Crippen molar-refractivity contribution in [2.75, 3.05) is 0 Å². The van der Waals surface area contributed by atoms with Crippen LogP contribution >= 0.6 is 0 Å². The van der Waals surface area contributed by atoms with Crippen molar-refractivity contribution in [1.82, 2.24) is 0 Å². The summed E-state index contributed by atoms with van der Waals surface area (Å²) in [5.41, 5.74) is -0.467. The highest BCUT2D eigenvalue weighted by molar-refractivity contribution is 5.72. The lowest BCUT2D eigenvalue weighted by Gasteiger charge is -2.13. The molecule has 0 amide bonds. The number of ether oxygens (including phenoxy) is 2. The third-order valence-corrected chi connectivity index (χ3v) is 2.55. The number of hydrogen-bond donors (Lipinski definition) is 0. The van der Waals surface area contributed by atoms with Crippen molar-refractivity contribution in [3.05, 3.63) is 48.3 Å². The zero-order valence-corrected chi connectivity index (χ0v) is 10.7. The standard InChI is InChI=1S/C14H8F6O2/c15-10-5-2-6-11(21-13(16)17)12(10)8-3-1-4-9(7-8)22-14(18,19)20/h1-7,13H. The van der Waals surface area contributed by atoms with Gasteiger partial charge in [0.1, 0.15) is 17.3 Å². The second kappa shape index (κ2) is 6.17. The number of benzene rings is 2. The minimum absolute atomic E-state index is 0.0875. The maximum atomic E-state index is 13.9. The highest BCUT2D eigenvalue weighted by atomic mass is 19.4. The topological polar surface area (TPSA) is 18.5 Å². The summed E-state index contributed by atoms with van der Waals surface area (Å²) in [6.07, 6.45) is -4.92. The van der Waals surface area contributed by atoms with Crippen LogP contribution in [0.2, 0.25) is 0 Å². The Labute approximate surface area is 120 Å². The van der Waals surface area contributed by atoms with E-state index in [2.05, 4.69) is 9.47 Å². The highest BCUT2D eigenvalue weighted by Crippen LogP contribution is 2.36. The SMILES string of the molecule is Fc1cccc(OC(F)F)c1-c1cccc(OC(F)(F)F)c1. The minimum Gasteiger partial charge on any atom is -0.434 e. The molecular weight excluding hydrogens is 314 g/mol. The number of hydrogen-bond acceptors (Lipinski definition) is 2. The summed E-state index contributed by atoms with van der Waals surface area (Å²) in [4.78, 5) is 0. The van der Waals surface area contributed by atoms with Crippen LogP contribution in [0.4, 0.5) is 26.3 Å². The van der Waals surface area contributed by atoms with Crippen LogP contribution in [0.5, 0.6) is 11.5 Å². The molecule has 8 heteroatoms. The lowest BCUT2D eigenvalue weighted by molar-refractivity contribution is -0.274. The van der Waals surface area contributed by atoms with Gasteiger partial charge >= 0.3 is 13.0 Å². The van der Waals surface area contributed by atoms with Crippen LogP contribution in [0.25, 0.3) is 11.1 Å². The summed E-state index contributed by atoms with van der Waals surface area (Å²) in [6, 6.07) is 7.52. The van der Waals surface area contributed by atoms with Crippen LogP contribution in [0.1, 0.15) is 0 Å². The van der Waals surface area contributed by atoms with Crippen molar-refractivity contribution in [3.63, 3.8) is 0 Å². The average molecular weight is 322 g/mol. The van der Waals surface area contributed by atoms with Crippen molar-refractivity contribution in [1.29, 1.82) is 0 Å². The van der Waals surface area contributed by atoms with Gasteiger partial charge in [-0.1, -0.05) is 18.2 Å². The van der Waals surface area contributed by atoms with E-state index in [4.69, 9.17) is 0 Å². The molecule has 0 bridgehead atoms. The molecule has 0 unspecified atom stereocenters. The fraction of sp³-hybridized carbons (Fsp3) is 0.143. The molecule has 22 heavy (non-hydrogen) atoms. The van der Waals surface area contributed by atoms with E-state index < -0.39 is 30.3 Å².